The van der Waals surface area contributed by atoms with E-state index in [2.05, 4.69) is 39.8 Å². The normalized spacial score (nSPS) is 11.3. The summed E-state index contributed by atoms with van der Waals surface area (Å²) in [6, 6.07) is 8.29. The summed E-state index contributed by atoms with van der Waals surface area (Å²) in [5.41, 5.74) is 3.41. The maximum absolute atomic E-state index is 6.02. The number of nitrogens with zero attached hydrogens (tertiary/aromatic N) is 4. The minimum absolute atomic E-state index is 0.440. The number of hydrogen-bond acceptors (Lipinski definition) is 2. The molecule has 2 heterocycles. The van der Waals surface area contributed by atoms with E-state index < -0.39 is 0 Å². The van der Waals surface area contributed by atoms with Crippen LogP contribution in [0.1, 0.15) is 17.8 Å². The molecule has 20 heavy (non-hydrogen) atoms. The molecular formula is C15H17ClN4. The third-order valence-electron chi connectivity index (χ3n) is 3.43. The number of imidazole rings is 1. The predicted octanol–water partition coefficient (Wildman–Crippen LogP) is 3.37. The van der Waals surface area contributed by atoms with Crippen LogP contribution >= 0.6 is 11.6 Å². The summed E-state index contributed by atoms with van der Waals surface area (Å²) < 4.78 is 4.16. The summed E-state index contributed by atoms with van der Waals surface area (Å²) in [7, 11) is 0. The van der Waals surface area contributed by atoms with E-state index >= 15 is 0 Å². The van der Waals surface area contributed by atoms with E-state index in [1.165, 1.54) is 5.56 Å². The van der Waals surface area contributed by atoms with Gasteiger partial charge in [-0.25, -0.2) is 4.98 Å². The van der Waals surface area contributed by atoms with Gasteiger partial charge in [0.05, 0.1) is 16.9 Å². The highest BCUT2D eigenvalue weighted by atomic mass is 35.5. The number of halogens is 1. The van der Waals surface area contributed by atoms with E-state index in [1.807, 2.05) is 16.9 Å². The second kappa shape index (κ2) is 5.67. The monoisotopic (exact) mass is 288 g/mol. The minimum Gasteiger partial charge on any atom is -0.327 e. The van der Waals surface area contributed by atoms with Crippen LogP contribution in [0.2, 0.25) is 0 Å². The molecule has 104 valence electrons. The molecule has 0 aliphatic rings. The van der Waals surface area contributed by atoms with Crippen LogP contribution in [0.5, 0.6) is 0 Å². The van der Waals surface area contributed by atoms with E-state index in [-0.39, 0.29) is 0 Å². The van der Waals surface area contributed by atoms with Crippen LogP contribution in [0.15, 0.2) is 36.7 Å². The Morgan fingerprint density at radius 1 is 1.25 bits per heavy atom. The van der Waals surface area contributed by atoms with Gasteiger partial charge in [0.1, 0.15) is 5.82 Å². The maximum Gasteiger partial charge on any atom is 0.124 e. The standard InChI is InChI=1S/C15H17ClN4/c1-12-4-5-14-13(10-12)18-15(11-16)20(14)9-3-8-19-7-2-6-17-19/h2,4-7,10H,3,8-9,11H2,1H3. The smallest absolute Gasteiger partial charge is 0.124 e. The first kappa shape index (κ1) is 13.2. The number of rotatable bonds is 5. The first-order valence-electron chi connectivity index (χ1n) is 6.77. The molecule has 2 aromatic heterocycles. The summed E-state index contributed by atoms with van der Waals surface area (Å²) in [5.74, 6) is 1.38. The lowest BCUT2D eigenvalue weighted by Gasteiger charge is -2.08. The first-order valence-corrected chi connectivity index (χ1v) is 7.30. The Bertz CT molecular complexity index is 700. The lowest BCUT2D eigenvalue weighted by Crippen LogP contribution is -2.06. The highest BCUT2D eigenvalue weighted by Crippen LogP contribution is 2.19. The Morgan fingerprint density at radius 2 is 2.15 bits per heavy atom. The zero-order valence-electron chi connectivity index (χ0n) is 11.5. The Morgan fingerprint density at radius 3 is 2.90 bits per heavy atom. The summed E-state index contributed by atoms with van der Waals surface area (Å²) >= 11 is 6.02. The van der Waals surface area contributed by atoms with Crippen molar-refractivity contribution in [3.8, 4) is 0 Å². The molecule has 0 unspecified atom stereocenters. The van der Waals surface area contributed by atoms with Gasteiger partial charge < -0.3 is 4.57 Å². The highest BCUT2D eigenvalue weighted by molar-refractivity contribution is 6.16. The van der Waals surface area contributed by atoms with Crippen molar-refractivity contribution >= 4 is 22.6 Å². The van der Waals surface area contributed by atoms with Crippen LogP contribution in [0.3, 0.4) is 0 Å². The van der Waals surface area contributed by atoms with Gasteiger partial charge in [0.25, 0.3) is 0 Å². The molecule has 4 nitrogen and oxygen atoms in total. The summed E-state index contributed by atoms with van der Waals surface area (Å²) in [4.78, 5) is 4.62. The molecule has 0 spiro atoms. The Labute approximate surface area is 123 Å². The molecule has 0 N–H and O–H groups in total. The zero-order valence-corrected chi connectivity index (χ0v) is 12.2. The Kier molecular flexibility index (Phi) is 3.74. The zero-order chi connectivity index (χ0) is 13.9. The number of aryl methyl sites for hydroxylation is 3. The molecule has 0 saturated carbocycles. The van der Waals surface area contributed by atoms with Crippen molar-refractivity contribution in [2.75, 3.05) is 0 Å². The SMILES string of the molecule is Cc1ccc2c(c1)nc(CCl)n2CCCn1cccn1. The largest absolute Gasteiger partial charge is 0.327 e. The van der Waals surface area contributed by atoms with E-state index in [0.29, 0.717) is 5.88 Å². The molecule has 0 amide bonds. The van der Waals surface area contributed by atoms with Gasteiger partial charge in [-0.2, -0.15) is 5.10 Å². The van der Waals surface area contributed by atoms with Gasteiger partial charge in [0, 0.05) is 25.5 Å². The summed E-state index contributed by atoms with van der Waals surface area (Å²) in [5, 5.41) is 4.22. The molecule has 0 bridgehead atoms. The van der Waals surface area contributed by atoms with Gasteiger partial charge in [-0.05, 0) is 37.1 Å². The molecule has 5 heteroatoms. The van der Waals surface area contributed by atoms with Gasteiger partial charge in [0.2, 0.25) is 0 Å². The average molecular weight is 289 g/mol. The van der Waals surface area contributed by atoms with Gasteiger partial charge >= 0.3 is 0 Å². The third-order valence-corrected chi connectivity index (χ3v) is 3.67. The topological polar surface area (TPSA) is 35.6 Å². The molecular weight excluding hydrogens is 272 g/mol. The molecule has 0 aliphatic carbocycles. The van der Waals surface area contributed by atoms with E-state index in [0.717, 1.165) is 36.4 Å². The second-order valence-electron chi connectivity index (χ2n) is 4.93. The van der Waals surface area contributed by atoms with E-state index in [9.17, 15) is 0 Å². The van der Waals surface area contributed by atoms with Crippen molar-refractivity contribution in [1.82, 2.24) is 19.3 Å². The summed E-state index contributed by atoms with van der Waals surface area (Å²) in [6.07, 6.45) is 4.79. The van der Waals surface area contributed by atoms with Gasteiger partial charge in [-0.1, -0.05) is 6.07 Å². The predicted molar refractivity (Wildman–Crippen MR) is 80.9 cm³/mol. The Hall–Kier alpha value is -1.81. The number of hydrogen-bond donors (Lipinski definition) is 0. The number of alkyl halides is 1. The van der Waals surface area contributed by atoms with Crippen molar-refractivity contribution in [1.29, 1.82) is 0 Å². The minimum atomic E-state index is 0.440. The van der Waals surface area contributed by atoms with Crippen molar-refractivity contribution < 1.29 is 0 Å². The molecule has 0 saturated heterocycles. The van der Waals surface area contributed by atoms with Gasteiger partial charge in [-0.3, -0.25) is 4.68 Å². The molecule has 1 aromatic carbocycles. The highest BCUT2D eigenvalue weighted by Gasteiger charge is 2.09. The van der Waals surface area contributed by atoms with E-state index in [1.54, 1.807) is 6.20 Å². The summed E-state index contributed by atoms with van der Waals surface area (Å²) in [6.45, 7) is 3.89. The fraction of sp³-hybridized carbons (Fsp3) is 0.333. The fourth-order valence-corrected chi connectivity index (χ4v) is 2.67. The molecule has 0 fully saturated rings. The van der Waals surface area contributed by atoms with Crippen molar-refractivity contribution in [3.63, 3.8) is 0 Å². The maximum atomic E-state index is 6.02. The van der Waals surface area contributed by atoms with Crippen LogP contribution in [-0.2, 0) is 19.0 Å². The molecule has 0 aliphatic heterocycles. The lowest BCUT2D eigenvalue weighted by molar-refractivity contribution is 0.526. The Balaban J connectivity index is 1.82. The third kappa shape index (κ3) is 2.56. The molecule has 0 radical (unpaired) electrons. The van der Waals surface area contributed by atoms with Crippen LogP contribution in [0.4, 0.5) is 0 Å². The van der Waals surface area contributed by atoms with Crippen LogP contribution in [0.25, 0.3) is 11.0 Å². The second-order valence-corrected chi connectivity index (χ2v) is 5.20. The van der Waals surface area contributed by atoms with Crippen LogP contribution in [-0.4, -0.2) is 19.3 Å². The van der Waals surface area contributed by atoms with Gasteiger partial charge in [0.15, 0.2) is 0 Å². The molecule has 3 rings (SSSR count). The lowest BCUT2D eigenvalue weighted by atomic mass is 10.2. The first-order chi connectivity index (χ1) is 9.78. The molecule has 0 atom stereocenters. The van der Waals surface area contributed by atoms with Crippen LogP contribution < -0.4 is 0 Å². The van der Waals surface area contributed by atoms with E-state index in [4.69, 9.17) is 11.6 Å². The van der Waals surface area contributed by atoms with Crippen LogP contribution in [0, 0.1) is 6.92 Å². The number of benzene rings is 1. The molecule has 3 aromatic rings. The number of fused-ring (bicyclic) bond motifs is 1. The van der Waals surface area contributed by atoms with Crippen molar-refractivity contribution in [3.05, 3.63) is 48.0 Å². The van der Waals surface area contributed by atoms with Gasteiger partial charge in [-0.15, -0.1) is 11.6 Å². The quantitative estimate of drug-likeness (QED) is 0.675. The van der Waals surface area contributed by atoms with Crippen molar-refractivity contribution in [2.24, 2.45) is 0 Å². The van der Waals surface area contributed by atoms with Crippen molar-refractivity contribution in [2.45, 2.75) is 32.3 Å². The average Bonchev–Trinajstić information content (AvgIpc) is 3.06. The number of aromatic nitrogens is 4. The fourth-order valence-electron chi connectivity index (χ4n) is 2.46.